The van der Waals surface area contributed by atoms with Crippen molar-refractivity contribution in [3.05, 3.63) is 64.7 Å². The highest BCUT2D eigenvalue weighted by Gasteiger charge is 2.11. The van der Waals surface area contributed by atoms with Gasteiger partial charge in [0.25, 0.3) is 0 Å². The predicted molar refractivity (Wildman–Crippen MR) is 66.3 cm³/mol. The number of aromatic nitrogens is 1. The Morgan fingerprint density at radius 1 is 1.29 bits per heavy atom. The second-order valence-corrected chi connectivity index (χ2v) is 4.24. The van der Waals surface area contributed by atoms with E-state index in [0.717, 1.165) is 5.56 Å². The van der Waals surface area contributed by atoms with E-state index in [4.69, 9.17) is 17.3 Å². The average Bonchev–Trinajstić information content (AvgIpc) is 2.34. The first-order valence-corrected chi connectivity index (χ1v) is 5.65. The van der Waals surface area contributed by atoms with Crippen LogP contribution in [0, 0.1) is 5.82 Å². The molecule has 0 bridgehead atoms. The molecule has 0 saturated heterocycles. The number of nitrogens with zero attached hydrogens (tertiary/aromatic N) is 1. The summed E-state index contributed by atoms with van der Waals surface area (Å²) in [6.45, 7) is 0. The van der Waals surface area contributed by atoms with E-state index >= 15 is 0 Å². The Bertz CT molecular complexity index is 502. The molecular weight excluding hydrogens is 239 g/mol. The molecule has 0 aliphatic carbocycles. The zero-order valence-corrected chi connectivity index (χ0v) is 9.86. The van der Waals surface area contributed by atoms with Gasteiger partial charge in [0.1, 0.15) is 5.82 Å². The zero-order valence-electron chi connectivity index (χ0n) is 9.11. The third-order valence-corrected chi connectivity index (χ3v) is 2.73. The van der Waals surface area contributed by atoms with Crippen LogP contribution in [-0.2, 0) is 6.42 Å². The number of pyridine rings is 1. The summed E-state index contributed by atoms with van der Waals surface area (Å²) in [5, 5.41) is 0.291. The molecule has 0 radical (unpaired) electrons. The van der Waals surface area contributed by atoms with Crippen LogP contribution in [-0.4, -0.2) is 4.98 Å². The molecule has 4 heteroatoms. The van der Waals surface area contributed by atoms with E-state index in [-0.39, 0.29) is 6.04 Å². The van der Waals surface area contributed by atoms with Gasteiger partial charge in [-0.2, -0.15) is 0 Å². The van der Waals surface area contributed by atoms with Gasteiger partial charge in [0.05, 0.1) is 10.7 Å². The van der Waals surface area contributed by atoms with Gasteiger partial charge in [-0.05, 0) is 11.6 Å². The number of halogens is 2. The molecule has 2 aromatic rings. The molecule has 2 N–H and O–H groups in total. The topological polar surface area (TPSA) is 38.9 Å². The summed E-state index contributed by atoms with van der Waals surface area (Å²) < 4.78 is 13.5. The van der Waals surface area contributed by atoms with Crippen molar-refractivity contribution in [2.45, 2.75) is 12.5 Å². The molecule has 2 nitrogen and oxygen atoms in total. The molecular formula is C13H12ClFN2. The van der Waals surface area contributed by atoms with Gasteiger partial charge in [-0.15, -0.1) is 0 Å². The Balaban J connectivity index is 2.16. The molecule has 0 saturated carbocycles. The van der Waals surface area contributed by atoms with Gasteiger partial charge in [0.15, 0.2) is 0 Å². The van der Waals surface area contributed by atoms with Crippen molar-refractivity contribution in [3.8, 4) is 0 Å². The number of hydrogen-bond acceptors (Lipinski definition) is 2. The van der Waals surface area contributed by atoms with Crippen LogP contribution in [0.4, 0.5) is 4.39 Å². The van der Waals surface area contributed by atoms with Gasteiger partial charge in [-0.3, -0.25) is 4.98 Å². The molecule has 1 atom stereocenters. The average molecular weight is 251 g/mol. The molecule has 0 aliphatic rings. The molecule has 0 amide bonds. The summed E-state index contributed by atoms with van der Waals surface area (Å²) >= 11 is 5.64. The van der Waals surface area contributed by atoms with Gasteiger partial charge in [0, 0.05) is 18.7 Å². The molecule has 17 heavy (non-hydrogen) atoms. The predicted octanol–water partition coefficient (Wildman–Crippen LogP) is 3.12. The van der Waals surface area contributed by atoms with Crippen molar-refractivity contribution in [1.29, 1.82) is 0 Å². The van der Waals surface area contributed by atoms with Crippen molar-refractivity contribution in [2.75, 3.05) is 0 Å². The lowest BCUT2D eigenvalue weighted by Crippen LogP contribution is -2.14. The minimum Gasteiger partial charge on any atom is -0.324 e. The fourth-order valence-electron chi connectivity index (χ4n) is 1.62. The SMILES string of the molecule is NC(Cc1ncc(Cl)cc1F)c1ccccc1. The zero-order chi connectivity index (χ0) is 12.3. The fraction of sp³-hybridized carbons (Fsp3) is 0.154. The maximum Gasteiger partial charge on any atom is 0.146 e. The molecule has 2 rings (SSSR count). The Kier molecular flexibility index (Phi) is 3.71. The van der Waals surface area contributed by atoms with E-state index in [1.807, 2.05) is 30.3 Å². The van der Waals surface area contributed by atoms with E-state index in [1.54, 1.807) is 0 Å². The minimum atomic E-state index is -0.413. The third kappa shape index (κ3) is 3.02. The maximum absolute atomic E-state index is 13.5. The lowest BCUT2D eigenvalue weighted by atomic mass is 10.0. The Morgan fingerprint density at radius 3 is 2.65 bits per heavy atom. The summed E-state index contributed by atoms with van der Waals surface area (Å²) in [5.74, 6) is -0.413. The summed E-state index contributed by atoms with van der Waals surface area (Å²) in [6.07, 6.45) is 1.78. The summed E-state index contributed by atoms with van der Waals surface area (Å²) in [5.41, 5.74) is 7.29. The van der Waals surface area contributed by atoms with Crippen LogP contribution in [0.25, 0.3) is 0 Å². The Labute approximate surface area is 104 Å². The van der Waals surface area contributed by atoms with Crippen LogP contribution in [0.5, 0.6) is 0 Å². The summed E-state index contributed by atoms with van der Waals surface area (Å²) in [4.78, 5) is 3.96. The standard InChI is InChI=1S/C13H12ClFN2/c14-10-6-11(15)13(17-8-10)7-12(16)9-4-2-1-3-5-9/h1-6,8,12H,7,16H2. The van der Waals surface area contributed by atoms with Gasteiger partial charge < -0.3 is 5.73 Å². The van der Waals surface area contributed by atoms with Gasteiger partial charge in [-0.25, -0.2) is 4.39 Å². The Morgan fingerprint density at radius 2 is 2.00 bits per heavy atom. The number of nitrogens with two attached hydrogens (primary N) is 1. The first kappa shape index (κ1) is 12.0. The third-order valence-electron chi connectivity index (χ3n) is 2.53. The summed E-state index contributed by atoms with van der Waals surface area (Å²) in [6, 6.07) is 10.5. The molecule has 1 aromatic heterocycles. The first-order chi connectivity index (χ1) is 8.16. The van der Waals surface area contributed by atoms with Crippen LogP contribution < -0.4 is 5.73 Å². The molecule has 88 valence electrons. The highest BCUT2D eigenvalue weighted by atomic mass is 35.5. The van der Waals surface area contributed by atoms with E-state index in [1.165, 1.54) is 12.3 Å². The number of rotatable bonds is 3. The lowest BCUT2D eigenvalue weighted by Gasteiger charge is -2.11. The van der Waals surface area contributed by atoms with Gasteiger partial charge in [-0.1, -0.05) is 41.9 Å². The minimum absolute atomic E-state index is 0.264. The van der Waals surface area contributed by atoms with Crippen molar-refractivity contribution in [3.63, 3.8) is 0 Å². The highest BCUT2D eigenvalue weighted by Crippen LogP contribution is 2.18. The molecule has 1 heterocycles. The molecule has 0 aliphatic heterocycles. The van der Waals surface area contributed by atoms with Gasteiger partial charge >= 0.3 is 0 Å². The normalized spacial score (nSPS) is 12.4. The van der Waals surface area contributed by atoms with Crippen molar-refractivity contribution >= 4 is 11.6 Å². The van der Waals surface area contributed by atoms with Crippen LogP contribution in [0.2, 0.25) is 5.02 Å². The Hall–Kier alpha value is -1.45. The molecule has 0 fully saturated rings. The van der Waals surface area contributed by atoms with Crippen molar-refractivity contribution in [2.24, 2.45) is 5.73 Å². The summed E-state index contributed by atoms with van der Waals surface area (Å²) in [7, 11) is 0. The smallest absolute Gasteiger partial charge is 0.146 e. The van der Waals surface area contributed by atoms with Gasteiger partial charge in [0.2, 0.25) is 0 Å². The number of benzene rings is 1. The van der Waals surface area contributed by atoms with Crippen LogP contribution in [0.15, 0.2) is 42.6 Å². The largest absolute Gasteiger partial charge is 0.324 e. The van der Waals surface area contributed by atoms with E-state index in [0.29, 0.717) is 17.1 Å². The van der Waals surface area contributed by atoms with E-state index in [9.17, 15) is 4.39 Å². The quantitative estimate of drug-likeness (QED) is 0.909. The van der Waals surface area contributed by atoms with E-state index < -0.39 is 5.82 Å². The maximum atomic E-state index is 13.5. The highest BCUT2D eigenvalue weighted by molar-refractivity contribution is 6.30. The second-order valence-electron chi connectivity index (χ2n) is 3.80. The molecule has 1 unspecified atom stereocenters. The second kappa shape index (κ2) is 5.25. The van der Waals surface area contributed by atoms with Crippen molar-refractivity contribution in [1.82, 2.24) is 4.98 Å². The van der Waals surface area contributed by atoms with Crippen LogP contribution >= 0.6 is 11.6 Å². The first-order valence-electron chi connectivity index (χ1n) is 5.27. The monoisotopic (exact) mass is 250 g/mol. The van der Waals surface area contributed by atoms with Crippen LogP contribution in [0.3, 0.4) is 0 Å². The van der Waals surface area contributed by atoms with Crippen molar-refractivity contribution < 1.29 is 4.39 Å². The van der Waals surface area contributed by atoms with Crippen LogP contribution in [0.1, 0.15) is 17.3 Å². The lowest BCUT2D eigenvalue weighted by molar-refractivity contribution is 0.580. The molecule has 0 spiro atoms. The number of hydrogen-bond donors (Lipinski definition) is 1. The fourth-order valence-corrected chi connectivity index (χ4v) is 1.76. The molecule has 1 aromatic carbocycles. The van der Waals surface area contributed by atoms with E-state index in [2.05, 4.69) is 4.98 Å².